The molecular weight excluding hydrogens is 355 g/mol. The molecule has 7 heteroatoms. The topological polar surface area (TPSA) is 47.8 Å². The molecule has 0 fully saturated rings. The van der Waals surface area contributed by atoms with Gasteiger partial charge in [0.1, 0.15) is 0 Å². The van der Waals surface area contributed by atoms with Crippen molar-refractivity contribution >= 4 is 5.78 Å². The Labute approximate surface area is 153 Å². The van der Waals surface area contributed by atoms with Crippen molar-refractivity contribution in [2.24, 2.45) is 0 Å². The van der Waals surface area contributed by atoms with Gasteiger partial charge in [-0.2, -0.15) is 18.3 Å². The van der Waals surface area contributed by atoms with Crippen LogP contribution in [0.4, 0.5) is 13.2 Å². The number of pyridine rings is 1. The van der Waals surface area contributed by atoms with Crippen molar-refractivity contribution in [3.8, 4) is 17.1 Å². The highest BCUT2D eigenvalue weighted by Crippen LogP contribution is 2.42. The Morgan fingerprint density at radius 1 is 0.963 bits per heavy atom. The second kappa shape index (κ2) is 5.52. The lowest BCUT2D eigenvalue weighted by molar-refractivity contribution is -0.137. The van der Waals surface area contributed by atoms with Crippen molar-refractivity contribution in [3.05, 3.63) is 65.0 Å². The van der Waals surface area contributed by atoms with Gasteiger partial charge in [0.25, 0.3) is 0 Å². The number of hydrogen-bond acceptors (Lipinski definition) is 3. The smallest absolute Gasteiger partial charge is 0.288 e. The van der Waals surface area contributed by atoms with E-state index in [4.69, 9.17) is 0 Å². The van der Waals surface area contributed by atoms with E-state index in [9.17, 15) is 18.0 Å². The predicted octanol–water partition coefficient (Wildman–Crippen LogP) is 4.80. The van der Waals surface area contributed by atoms with Crippen LogP contribution in [-0.2, 0) is 11.6 Å². The minimum absolute atomic E-state index is 0.122. The van der Waals surface area contributed by atoms with Crippen molar-refractivity contribution in [3.63, 3.8) is 0 Å². The molecular formula is C20H16F3N3O. The molecule has 0 bridgehead atoms. The van der Waals surface area contributed by atoms with Gasteiger partial charge >= 0.3 is 6.18 Å². The number of carbonyl (C=O) groups excluding carboxylic acids is 1. The summed E-state index contributed by atoms with van der Waals surface area (Å²) < 4.78 is 40.0. The molecule has 4 rings (SSSR count). The van der Waals surface area contributed by atoms with Crippen LogP contribution in [0.5, 0.6) is 0 Å². The molecule has 4 nitrogen and oxygen atoms in total. The molecule has 2 heterocycles. The molecule has 0 unspecified atom stereocenters. The predicted molar refractivity (Wildman–Crippen MR) is 93.9 cm³/mol. The van der Waals surface area contributed by atoms with Gasteiger partial charge in [0.05, 0.1) is 22.5 Å². The number of carbonyl (C=O) groups is 1. The van der Waals surface area contributed by atoms with Crippen LogP contribution in [0, 0.1) is 0 Å². The van der Waals surface area contributed by atoms with E-state index in [2.05, 4.69) is 10.1 Å². The van der Waals surface area contributed by atoms with Gasteiger partial charge in [-0.15, -0.1) is 0 Å². The number of fused-ring (bicyclic) bond motifs is 3. The summed E-state index contributed by atoms with van der Waals surface area (Å²) in [6, 6.07) is 9.40. The molecule has 3 aromatic rings. The summed E-state index contributed by atoms with van der Waals surface area (Å²) in [7, 11) is 0. The number of benzene rings is 1. The summed E-state index contributed by atoms with van der Waals surface area (Å²) in [5, 5.41) is 4.57. The summed E-state index contributed by atoms with van der Waals surface area (Å²) in [5.41, 5.74) is 1.69. The maximum absolute atomic E-state index is 13.0. The largest absolute Gasteiger partial charge is 0.417 e. The summed E-state index contributed by atoms with van der Waals surface area (Å²) in [6.45, 7) is 5.82. The second-order valence-electron chi connectivity index (χ2n) is 7.51. The van der Waals surface area contributed by atoms with Crippen molar-refractivity contribution < 1.29 is 18.0 Å². The monoisotopic (exact) mass is 371 g/mol. The fourth-order valence-electron chi connectivity index (χ4n) is 3.27. The van der Waals surface area contributed by atoms with E-state index in [1.807, 2.05) is 32.9 Å². The van der Waals surface area contributed by atoms with Gasteiger partial charge in [-0.1, -0.05) is 45.0 Å². The molecule has 27 heavy (non-hydrogen) atoms. The summed E-state index contributed by atoms with van der Waals surface area (Å²) in [5.74, 6) is 0.114. The van der Waals surface area contributed by atoms with Gasteiger partial charge in [0, 0.05) is 22.7 Å². The Bertz CT molecular complexity index is 1060. The number of hydrogen-bond donors (Lipinski definition) is 0. The first-order chi connectivity index (χ1) is 12.6. The molecule has 0 aliphatic heterocycles. The molecule has 0 radical (unpaired) electrons. The van der Waals surface area contributed by atoms with Crippen LogP contribution in [0.1, 0.15) is 48.0 Å². The third-order valence-corrected chi connectivity index (χ3v) is 4.54. The lowest BCUT2D eigenvalue weighted by atomic mass is 9.88. The average molecular weight is 371 g/mol. The lowest BCUT2D eigenvalue weighted by Crippen LogP contribution is -2.17. The number of rotatable bonds is 1. The van der Waals surface area contributed by atoms with Gasteiger partial charge < -0.3 is 0 Å². The molecule has 0 spiro atoms. The second-order valence-corrected chi connectivity index (χ2v) is 7.51. The van der Waals surface area contributed by atoms with Crippen molar-refractivity contribution in [1.29, 1.82) is 0 Å². The first-order valence-corrected chi connectivity index (χ1v) is 8.40. The zero-order valence-electron chi connectivity index (χ0n) is 14.9. The van der Waals surface area contributed by atoms with Gasteiger partial charge in [-0.05, 0) is 12.1 Å². The number of nitrogens with zero attached hydrogens (tertiary/aromatic N) is 3. The highest BCUT2D eigenvalue weighted by atomic mass is 19.4. The van der Waals surface area contributed by atoms with Crippen molar-refractivity contribution in [2.45, 2.75) is 32.4 Å². The number of halogens is 3. The van der Waals surface area contributed by atoms with E-state index in [0.29, 0.717) is 28.1 Å². The summed E-state index contributed by atoms with van der Waals surface area (Å²) >= 11 is 0. The molecule has 2 aromatic heterocycles. The van der Waals surface area contributed by atoms with Crippen molar-refractivity contribution in [1.82, 2.24) is 14.8 Å². The molecule has 138 valence electrons. The van der Waals surface area contributed by atoms with Gasteiger partial charge in [0.15, 0.2) is 11.6 Å². The van der Waals surface area contributed by atoms with E-state index in [1.54, 1.807) is 12.1 Å². The third-order valence-electron chi connectivity index (χ3n) is 4.54. The van der Waals surface area contributed by atoms with Gasteiger partial charge in [-0.25, -0.2) is 9.67 Å². The van der Waals surface area contributed by atoms with Gasteiger partial charge in [0.2, 0.25) is 0 Å². The minimum atomic E-state index is -4.46. The Balaban J connectivity index is 1.97. The van der Waals surface area contributed by atoms with E-state index >= 15 is 0 Å². The highest BCUT2D eigenvalue weighted by Gasteiger charge is 2.38. The third kappa shape index (κ3) is 2.65. The van der Waals surface area contributed by atoms with Crippen LogP contribution in [0.15, 0.2) is 42.6 Å². The molecule has 0 saturated carbocycles. The van der Waals surface area contributed by atoms with Crippen LogP contribution in [-0.4, -0.2) is 20.5 Å². The summed E-state index contributed by atoms with van der Waals surface area (Å²) in [6.07, 6.45) is -3.68. The maximum atomic E-state index is 13.0. The molecule has 1 aliphatic carbocycles. The Morgan fingerprint density at radius 2 is 1.63 bits per heavy atom. The molecule has 0 saturated heterocycles. The van der Waals surface area contributed by atoms with Crippen molar-refractivity contribution in [2.75, 3.05) is 0 Å². The molecule has 1 aliphatic rings. The first-order valence-electron chi connectivity index (χ1n) is 8.40. The standard InChI is InChI=1S/C20H16F3N3O/c1-19(2,3)18-15-16(12-6-4-5-7-13(12)17(15)27)26(25-18)14-9-8-11(10-24-14)20(21,22)23/h4-10H,1-3H3. The quantitative estimate of drug-likeness (QED) is 0.483. The van der Waals surface area contributed by atoms with Gasteiger partial charge in [-0.3, -0.25) is 4.79 Å². The molecule has 0 N–H and O–H groups in total. The maximum Gasteiger partial charge on any atom is 0.417 e. The van der Waals surface area contributed by atoms with E-state index < -0.39 is 17.2 Å². The zero-order chi connectivity index (χ0) is 19.6. The average Bonchev–Trinajstić information content (AvgIpc) is 3.12. The number of ketones is 1. The SMILES string of the molecule is CC(C)(C)c1nn(-c2ccc(C(F)(F)F)cn2)c2c1C(=O)c1ccccc1-2. The fraction of sp³-hybridized carbons (Fsp3) is 0.250. The van der Waals surface area contributed by atoms with E-state index in [1.165, 1.54) is 10.7 Å². The number of alkyl halides is 3. The van der Waals surface area contributed by atoms with Crippen LogP contribution >= 0.6 is 0 Å². The Kier molecular flexibility index (Phi) is 3.57. The first kappa shape index (κ1) is 17.5. The molecule has 0 atom stereocenters. The zero-order valence-corrected chi connectivity index (χ0v) is 14.9. The normalized spacial score (nSPS) is 13.6. The highest BCUT2D eigenvalue weighted by molar-refractivity contribution is 6.22. The fourth-order valence-corrected chi connectivity index (χ4v) is 3.27. The Hall–Kier alpha value is -2.96. The van der Waals surface area contributed by atoms with Crippen LogP contribution in [0.2, 0.25) is 0 Å². The molecule has 0 amide bonds. The van der Waals surface area contributed by atoms with Crippen LogP contribution in [0.25, 0.3) is 17.1 Å². The minimum Gasteiger partial charge on any atom is -0.288 e. The lowest BCUT2D eigenvalue weighted by Gasteiger charge is -2.16. The summed E-state index contributed by atoms with van der Waals surface area (Å²) in [4.78, 5) is 16.9. The van der Waals surface area contributed by atoms with Crippen LogP contribution in [0.3, 0.4) is 0 Å². The molecule has 1 aromatic carbocycles. The van der Waals surface area contributed by atoms with E-state index in [-0.39, 0.29) is 11.6 Å². The Morgan fingerprint density at radius 3 is 2.19 bits per heavy atom. The van der Waals surface area contributed by atoms with Crippen LogP contribution < -0.4 is 0 Å². The van der Waals surface area contributed by atoms with E-state index in [0.717, 1.165) is 12.3 Å². The number of aromatic nitrogens is 3.